The number of nitrogens with zero attached hydrogens (tertiary/aromatic N) is 1. The number of benzene rings is 1. The first-order chi connectivity index (χ1) is 9.70. The van der Waals surface area contributed by atoms with Gasteiger partial charge < -0.3 is 5.73 Å². The van der Waals surface area contributed by atoms with E-state index in [0.717, 1.165) is 24.9 Å². The van der Waals surface area contributed by atoms with Gasteiger partial charge in [-0.1, -0.05) is 22.0 Å². The van der Waals surface area contributed by atoms with E-state index in [1.54, 1.807) is 0 Å². The molecule has 1 heterocycles. The van der Waals surface area contributed by atoms with Gasteiger partial charge in [-0.3, -0.25) is 4.90 Å². The first-order valence-corrected chi connectivity index (χ1v) is 8.74. The highest BCUT2D eigenvalue weighted by Crippen LogP contribution is 2.45. The molecular weight excluding hydrogens is 312 g/mol. The van der Waals surface area contributed by atoms with Crippen molar-refractivity contribution in [3.8, 4) is 0 Å². The molecule has 2 aliphatic carbocycles. The van der Waals surface area contributed by atoms with E-state index in [1.165, 1.54) is 54.2 Å². The zero-order chi connectivity index (χ0) is 13.7. The van der Waals surface area contributed by atoms with E-state index in [0.29, 0.717) is 0 Å². The Balaban J connectivity index is 1.65. The summed E-state index contributed by atoms with van der Waals surface area (Å²) in [7, 11) is 0. The quantitative estimate of drug-likeness (QED) is 0.900. The van der Waals surface area contributed by atoms with Gasteiger partial charge in [0.25, 0.3) is 0 Å². The summed E-state index contributed by atoms with van der Waals surface area (Å²) in [4.78, 5) is 2.80. The largest absolute Gasteiger partial charge is 0.329 e. The molecule has 3 unspecified atom stereocenters. The minimum absolute atomic E-state index is 0.237. The number of fused-ring (bicyclic) bond motifs is 3. The van der Waals surface area contributed by atoms with Crippen molar-refractivity contribution in [2.24, 2.45) is 11.7 Å². The molecule has 0 radical (unpaired) electrons. The lowest BCUT2D eigenvalue weighted by Gasteiger charge is -2.48. The average molecular weight is 335 g/mol. The third kappa shape index (κ3) is 1.98. The summed E-state index contributed by atoms with van der Waals surface area (Å²) in [6, 6.07) is 7.60. The maximum absolute atomic E-state index is 6.29. The van der Waals surface area contributed by atoms with Gasteiger partial charge in [-0.2, -0.15) is 0 Å². The monoisotopic (exact) mass is 334 g/mol. The Morgan fingerprint density at radius 2 is 2.20 bits per heavy atom. The first-order valence-electron chi connectivity index (χ1n) is 7.94. The summed E-state index contributed by atoms with van der Waals surface area (Å²) >= 11 is 3.59. The second-order valence-electron chi connectivity index (χ2n) is 7.00. The van der Waals surface area contributed by atoms with Gasteiger partial charge in [0.1, 0.15) is 0 Å². The molecular formula is C17H23BrN2. The Bertz CT molecular complexity index is 530. The van der Waals surface area contributed by atoms with Crippen LogP contribution in [0.1, 0.15) is 36.8 Å². The van der Waals surface area contributed by atoms with E-state index < -0.39 is 0 Å². The van der Waals surface area contributed by atoms with Crippen LogP contribution in [0.15, 0.2) is 22.7 Å². The molecule has 1 aromatic rings. The lowest BCUT2D eigenvalue weighted by atomic mass is 9.76. The molecule has 1 saturated carbocycles. The molecule has 3 aliphatic rings. The fourth-order valence-corrected chi connectivity index (χ4v) is 5.26. The smallest absolute Gasteiger partial charge is 0.0378 e. The molecule has 0 aromatic heterocycles. The van der Waals surface area contributed by atoms with Crippen molar-refractivity contribution in [3.63, 3.8) is 0 Å². The first kappa shape index (κ1) is 13.3. The van der Waals surface area contributed by atoms with Gasteiger partial charge in [0.2, 0.25) is 0 Å². The Hall–Kier alpha value is -0.380. The molecule has 3 atom stereocenters. The van der Waals surface area contributed by atoms with Crippen molar-refractivity contribution in [3.05, 3.63) is 33.8 Å². The molecule has 2 N–H and O–H groups in total. The van der Waals surface area contributed by atoms with Gasteiger partial charge in [0.05, 0.1) is 0 Å². The van der Waals surface area contributed by atoms with E-state index in [1.807, 2.05) is 0 Å². The third-order valence-corrected chi connectivity index (χ3v) is 6.44. The van der Waals surface area contributed by atoms with Gasteiger partial charge in [-0.05, 0) is 67.7 Å². The SMILES string of the molecule is NCC1(N2CC3CCC2C3)CCc2cc(Br)ccc2C1. The van der Waals surface area contributed by atoms with Crippen molar-refractivity contribution in [1.29, 1.82) is 0 Å². The van der Waals surface area contributed by atoms with Crippen LogP contribution in [0.4, 0.5) is 0 Å². The number of likely N-dealkylation sites (tertiary alicyclic amines) is 1. The standard InChI is InChI=1S/C17H23BrN2/c18-15-3-2-14-9-17(11-19,6-5-13(14)8-15)20-10-12-1-4-16(20)7-12/h2-3,8,12,16H,1,4-7,9-11,19H2. The van der Waals surface area contributed by atoms with Crippen LogP contribution in [0.5, 0.6) is 0 Å². The van der Waals surface area contributed by atoms with Crippen LogP contribution in [0.25, 0.3) is 0 Å². The molecule has 3 heteroatoms. The Morgan fingerprint density at radius 1 is 1.30 bits per heavy atom. The van der Waals surface area contributed by atoms with Crippen molar-refractivity contribution in [2.75, 3.05) is 13.1 Å². The van der Waals surface area contributed by atoms with Gasteiger partial charge in [0, 0.05) is 29.1 Å². The third-order valence-electron chi connectivity index (χ3n) is 5.95. The van der Waals surface area contributed by atoms with Crippen LogP contribution in [0.3, 0.4) is 0 Å². The second kappa shape index (κ2) is 4.82. The minimum atomic E-state index is 0.237. The van der Waals surface area contributed by atoms with Crippen LogP contribution < -0.4 is 5.73 Å². The summed E-state index contributed by atoms with van der Waals surface area (Å²) < 4.78 is 1.21. The molecule has 4 rings (SSSR count). The van der Waals surface area contributed by atoms with Crippen molar-refractivity contribution < 1.29 is 0 Å². The fourth-order valence-electron chi connectivity index (χ4n) is 4.85. The summed E-state index contributed by atoms with van der Waals surface area (Å²) in [5, 5.41) is 0. The van der Waals surface area contributed by atoms with E-state index in [-0.39, 0.29) is 5.54 Å². The number of nitrogens with two attached hydrogens (primary N) is 1. The lowest BCUT2D eigenvalue weighted by molar-refractivity contribution is 0.0485. The Morgan fingerprint density at radius 3 is 2.90 bits per heavy atom. The normalized spacial score (nSPS) is 36.3. The molecule has 108 valence electrons. The van der Waals surface area contributed by atoms with Crippen LogP contribution in [-0.2, 0) is 12.8 Å². The zero-order valence-corrected chi connectivity index (χ0v) is 13.5. The van der Waals surface area contributed by atoms with Crippen LogP contribution >= 0.6 is 15.9 Å². The van der Waals surface area contributed by atoms with Crippen LogP contribution in [0.2, 0.25) is 0 Å². The summed E-state index contributed by atoms with van der Waals surface area (Å²) in [6.45, 7) is 2.11. The van der Waals surface area contributed by atoms with E-state index in [2.05, 4.69) is 39.0 Å². The highest BCUT2D eigenvalue weighted by Gasteiger charge is 2.48. The Labute approximate surface area is 129 Å². The molecule has 2 bridgehead atoms. The second-order valence-corrected chi connectivity index (χ2v) is 7.92. The number of rotatable bonds is 2. The lowest BCUT2D eigenvalue weighted by Crippen LogP contribution is -2.59. The highest BCUT2D eigenvalue weighted by molar-refractivity contribution is 9.10. The van der Waals surface area contributed by atoms with Gasteiger partial charge in [0.15, 0.2) is 0 Å². The van der Waals surface area contributed by atoms with E-state index in [4.69, 9.17) is 5.73 Å². The number of hydrogen-bond acceptors (Lipinski definition) is 2. The number of hydrogen-bond donors (Lipinski definition) is 1. The summed E-state index contributed by atoms with van der Waals surface area (Å²) in [5.41, 5.74) is 9.56. The maximum Gasteiger partial charge on any atom is 0.0378 e. The molecule has 1 aliphatic heterocycles. The number of piperidine rings is 1. The predicted molar refractivity (Wildman–Crippen MR) is 85.8 cm³/mol. The zero-order valence-electron chi connectivity index (χ0n) is 11.9. The van der Waals surface area contributed by atoms with E-state index >= 15 is 0 Å². The molecule has 2 nitrogen and oxygen atoms in total. The molecule has 0 amide bonds. The van der Waals surface area contributed by atoms with Crippen molar-refractivity contribution in [1.82, 2.24) is 4.90 Å². The average Bonchev–Trinajstić information content (AvgIpc) is 3.10. The summed E-state index contributed by atoms with van der Waals surface area (Å²) in [6.07, 6.45) is 7.84. The molecule has 1 saturated heterocycles. The minimum Gasteiger partial charge on any atom is -0.329 e. The predicted octanol–water partition coefficient (Wildman–Crippen LogP) is 3.12. The number of halogens is 1. The van der Waals surface area contributed by atoms with Crippen molar-refractivity contribution >= 4 is 15.9 Å². The van der Waals surface area contributed by atoms with Gasteiger partial charge in [-0.15, -0.1) is 0 Å². The molecule has 0 spiro atoms. The van der Waals surface area contributed by atoms with Crippen LogP contribution in [0, 0.1) is 5.92 Å². The Kier molecular flexibility index (Phi) is 3.21. The highest BCUT2D eigenvalue weighted by atomic mass is 79.9. The number of aryl methyl sites for hydroxylation is 1. The van der Waals surface area contributed by atoms with Crippen LogP contribution in [-0.4, -0.2) is 29.6 Å². The fraction of sp³-hybridized carbons (Fsp3) is 0.647. The topological polar surface area (TPSA) is 29.3 Å². The van der Waals surface area contributed by atoms with Gasteiger partial charge in [-0.25, -0.2) is 0 Å². The van der Waals surface area contributed by atoms with E-state index in [9.17, 15) is 0 Å². The van der Waals surface area contributed by atoms with Gasteiger partial charge >= 0.3 is 0 Å². The summed E-state index contributed by atoms with van der Waals surface area (Å²) in [5.74, 6) is 0.953. The molecule has 20 heavy (non-hydrogen) atoms. The maximum atomic E-state index is 6.29. The molecule has 2 fully saturated rings. The molecule has 1 aromatic carbocycles. The van der Waals surface area contributed by atoms with Crippen molar-refractivity contribution in [2.45, 2.75) is 50.1 Å².